The smallest absolute Gasteiger partial charge is 0.134 e. The highest BCUT2D eigenvalue weighted by Gasteiger charge is 2.24. The molecule has 0 saturated heterocycles. The van der Waals surface area contributed by atoms with Gasteiger partial charge in [0.25, 0.3) is 0 Å². The molecule has 6 heteroatoms. The van der Waals surface area contributed by atoms with Crippen LogP contribution in [-0.2, 0) is 0 Å². The molecule has 0 fully saturated rings. The fourth-order valence-corrected chi connectivity index (χ4v) is 2.43. The molecule has 0 aliphatic carbocycles. The van der Waals surface area contributed by atoms with E-state index in [1.165, 1.54) is 12.1 Å². The Bertz CT molecular complexity index is 647. The summed E-state index contributed by atoms with van der Waals surface area (Å²) in [4.78, 5) is 0. The van der Waals surface area contributed by atoms with E-state index >= 15 is 0 Å². The monoisotopic (exact) mass is 316 g/mol. The Balaban J connectivity index is 2.65. The van der Waals surface area contributed by atoms with E-state index in [9.17, 15) is 8.78 Å². The summed E-state index contributed by atoms with van der Waals surface area (Å²) in [6, 6.07) is 6.46. The fraction of sp³-hybridized carbons (Fsp3) is 0.143. The van der Waals surface area contributed by atoms with Crippen LogP contribution in [0, 0.1) is 18.6 Å². The summed E-state index contributed by atoms with van der Waals surface area (Å²) in [7, 11) is 0. The van der Waals surface area contributed by atoms with Gasteiger partial charge in [-0.05, 0) is 30.2 Å². The lowest BCUT2D eigenvalue weighted by Gasteiger charge is -2.20. The summed E-state index contributed by atoms with van der Waals surface area (Å²) >= 11 is 12.0. The van der Waals surface area contributed by atoms with Crippen LogP contribution in [0.4, 0.5) is 8.78 Å². The zero-order valence-electron chi connectivity index (χ0n) is 10.6. The van der Waals surface area contributed by atoms with Crippen LogP contribution in [-0.4, -0.2) is 0 Å². The van der Waals surface area contributed by atoms with E-state index in [2.05, 4.69) is 5.43 Å². The van der Waals surface area contributed by atoms with E-state index in [1.54, 1.807) is 25.1 Å². The molecule has 1 atom stereocenters. The Morgan fingerprint density at radius 3 is 2.50 bits per heavy atom. The van der Waals surface area contributed by atoms with Gasteiger partial charge < -0.3 is 0 Å². The minimum atomic E-state index is -0.930. The maximum absolute atomic E-state index is 14.2. The van der Waals surface area contributed by atoms with E-state index < -0.39 is 17.7 Å². The van der Waals surface area contributed by atoms with Gasteiger partial charge in [-0.25, -0.2) is 14.2 Å². The number of nitrogens with one attached hydrogen (secondary N) is 1. The lowest BCUT2D eigenvalue weighted by molar-refractivity contribution is 0.506. The molecule has 0 bridgehead atoms. The van der Waals surface area contributed by atoms with Crippen molar-refractivity contribution in [2.24, 2.45) is 5.84 Å². The van der Waals surface area contributed by atoms with Crippen molar-refractivity contribution in [3.63, 3.8) is 0 Å². The van der Waals surface area contributed by atoms with Gasteiger partial charge in [0.15, 0.2) is 0 Å². The summed E-state index contributed by atoms with van der Waals surface area (Å²) in [6.07, 6.45) is 0. The normalized spacial score (nSPS) is 12.5. The topological polar surface area (TPSA) is 38.0 Å². The molecule has 2 aromatic rings. The molecular formula is C14H12Cl2F2N2. The Morgan fingerprint density at radius 1 is 1.15 bits per heavy atom. The number of halogens is 4. The summed E-state index contributed by atoms with van der Waals surface area (Å²) in [5.41, 5.74) is 2.93. The van der Waals surface area contributed by atoms with Gasteiger partial charge in [0.2, 0.25) is 0 Å². The molecule has 0 saturated carbocycles. The van der Waals surface area contributed by atoms with Gasteiger partial charge >= 0.3 is 0 Å². The van der Waals surface area contributed by atoms with E-state index in [0.717, 1.165) is 0 Å². The second kappa shape index (κ2) is 6.06. The number of benzene rings is 2. The highest BCUT2D eigenvalue weighted by Crippen LogP contribution is 2.35. The molecule has 0 aliphatic rings. The van der Waals surface area contributed by atoms with Crippen molar-refractivity contribution < 1.29 is 8.78 Å². The van der Waals surface area contributed by atoms with Crippen LogP contribution < -0.4 is 11.3 Å². The quantitative estimate of drug-likeness (QED) is 0.660. The third-order valence-corrected chi connectivity index (χ3v) is 3.90. The van der Waals surface area contributed by atoms with Crippen LogP contribution in [0.15, 0.2) is 30.3 Å². The molecule has 0 heterocycles. The zero-order valence-corrected chi connectivity index (χ0v) is 12.1. The standard InChI is InChI=1S/C14H12Cl2F2N2/c1-7-5-6-10(17)11(13(7)18)14(20-19)8-3-2-4-9(15)12(8)16/h2-6,14,20H,19H2,1H3. The molecule has 0 radical (unpaired) electrons. The number of hydrogen-bond acceptors (Lipinski definition) is 2. The van der Waals surface area contributed by atoms with Crippen LogP contribution >= 0.6 is 23.2 Å². The van der Waals surface area contributed by atoms with Gasteiger partial charge in [-0.2, -0.15) is 0 Å². The molecule has 0 spiro atoms. The van der Waals surface area contributed by atoms with Gasteiger partial charge in [-0.3, -0.25) is 5.84 Å². The predicted octanol–water partition coefficient (Wildman–Crippen LogP) is 4.13. The molecule has 2 nitrogen and oxygen atoms in total. The number of rotatable bonds is 3. The van der Waals surface area contributed by atoms with Gasteiger partial charge in [0.05, 0.1) is 16.1 Å². The summed E-state index contributed by atoms with van der Waals surface area (Å²) in [5, 5.41) is 0.496. The van der Waals surface area contributed by atoms with E-state index in [1.807, 2.05) is 0 Å². The van der Waals surface area contributed by atoms with Gasteiger partial charge in [0.1, 0.15) is 11.6 Å². The molecular weight excluding hydrogens is 305 g/mol. The summed E-state index contributed by atoms with van der Waals surface area (Å²) < 4.78 is 28.2. The predicted molar refractivity (Wildman–Crippen MR) is 76.7 cm³/mol. The van der Waals surface area contributed by atoms with Crippen LogP contribution in [0.1, 0.15) is 22.7 Å². The molecule has 2 rings (SSSR count). The van der Waals surface area contributed by atoms with Crippen LogP contribution in [0.5, 0.6) is 0 Å². The van der Waals surface area contributed by atoms with Crippen molar-refractivity contribution in [2.75, 3.05) is 0 Å². The minimum absolute atomic E-state index is 0.184. The average molecular weight is 317 g/mol. The van der Waals surface area contributed by atoms with Gasteiger partial charge in [-0.15, -0.1) is 0 Å². The molecule has 20 heavy (non-hydrogen) atoms. The third kappa shape index (κ3) is 2.65. The molecule has 106 valence electrons. The van der Waals surface area contributed by atoms with E-state index in [-0.39, 0.29) is 15.6 Å². The van der Waals surface area contributed by atoms with Crippen LogP contribution in [0.3, 0.4) is 0 Å². The van der Waals surface area contributed by atoms with E-state index in [0.29, 0.717) is 11.1 Å². The Hall–Kier alpha value is -1.20. The number of hydrazine groups is 1. The summed E-state index contributed by atoms with van der Waals surface area (Å²) in [5.74, 6) is 4.09. The number of nitrogens with two attached hydrogens (primary N) is 1. The van der Waals surface area contributed by atoms with Crippen molar-refractivity contribution in [1.82, 2.24) is 5.43 Å². The molecule has 2 aromatic carbocycles. The number of hydrogen-bond donors (Lipinski definition) is 2. The van der Waals surface area contributed by atoms with Crippen molar-refractivity contribution in [3.8, 4) is 0 Å². The Morgan fingerprint density at radius 2 is 1.85 bits per heavy atom. The molecule has 3 N–H and O–H groups in total. The van der Waals surface area contributed by atoms with Crippen LogP contribution in [0.2, 0.25) is 10.0 Å². The van der Waals surface area contributed by atoms with Crippen molar-refractivity contribution in [1.29, 1.82) is 0 Å². The maximum Gasteiger partial charge on any atom is 0.134 e. The molecule has 0 aliphatic heterocycles. The third-order valence-electron chi connectivity index (χ3n) is 3.07. The second-order valence-corrected chi connectivity index (χ2v) is 5.12. The molecule has 1 unspecified atom stereocenters. The SMILES string of the molecule is Cc1ccc(F)c(C(NN)c2cccc(Cl)c2Cl)c1F. The average Bonchev–Trinajstić information content (AvgIpc) is 2.43. The van der Waals surface area contributed by atoms with Crippen LogP contribution in [0.25, 0.3) is 0 Å². The fourth-order valence-electron chi connectivity index (χ4n) is 2.02. The van der Waals surface area contributed by atoms with Crippen molar-refractivity contribution in [3.05, 3.63) is 68.7 Å². The second-order valence-electron chi connectivity index (χ2n) is 4.33. The van der Waals surface area contributed by atoms with Gasteiger partial charge in [-0.1, -0.05) is 41.4 Å². The number of aryl methyl sites for hydroxylation is 1. The summed E-state index contributed by atoms with van der Waals surface area (Å²) in [6.45, 7) is 1.55. The lowest BCUT2D eigenvalue weighted by atomic mass is 9.96. The van der Waals surface area contributed by atoms with E-state index in [4.69, 9.17) is 29.0 Å². The Kier molecular flexibility index (Phi) is 4.60. The zero-order chi connectivity index (χ0) is 14.9. The first-order valence-corrected chi connectivity index (χ1v) is 6.57. The first-order valence-electron chi connectivity index (χ1n) is 5.82. The van der Waals surface area contributed by atoms with Crippen molar-refractivity contribution in [2.45, 2.75) is 13.0 Å². The lowest BCUT2D eigenvalue weighted by Crippen LogP contribution is -2.30. The maximum atomic E-state index is 14.2. The first-order chi connectivity index (χ1) is 9.47. The first kappa shape index (κ1) is 15.2. The molecule has 0 aromatic heterocycles. The Labute approximate surface area is 125 Å². The highest BCUT2D eigenvalue weighted by atomic mass is 35.5. The van der Waals surface area contributed by atoms with Gasteiger partial charge in [0, 0.05) is 5.56 Å². The minimum Gasteiger partial charge on any atom is -0.271 e. The highest BCUT2D eigenvalue weighted by molar-refractivity contribution is 6.42. The molecule has 0 amide bonds. The van der Waals surface area contributed by atoms with Crippen molar-refractivity contribution >= 4 is 23.2 Å². The largest absolute Gasteiger partial charge is 0.271 e.